The largest absolute Gasteiger partial charge is 0.465 e. The highest BCUT2D eigenvalue weighted by atomic mass is 16.5. The van der Waals surface area contributed by atoms with Crippen molar-refractivity contribution in [3.05, 3.63) is 35.4 Å². The van der Waals surface area contributed by atoms with Crippen LogP contribution < -0.4 is 5.32 Å². The first-order chi connectivity index (χ1) is 9.35. The maximum atomic E-state index is 11.3. The van der Waals surface area contributed by atoms with Crippen LogP contribution in [-0.2, 0) is 11.3 Å². The first kappa shape index (κ1) is 16.7. The van der Waals surface area contributed by atoms with Crippen molar-refractivity contribution in [3.63, 3.8) is 0 Å². The van der Waals surface area contributed by atoms with E-state index >= 15 is 0 Å². The van der Waals surface area contributed by atoms with Crippen molar-refractivity contribution in [1.29, 1.82) is 0 Å². The highest BCUT2D eigenvalue weighted by Gasteiger charge is 2.17. The van der Waals surface area contributed by atoms with E-state index < -0.39 is 0 Å². The highest BCUT2D eigenvalue weighted by molar-refractivity contribution is 5.89. The molecule has 0 saturated carbocycles. The van der Waals surface area contributed by atoms with Crippen LogP contribution in [0, 0.1) is 5.41 Å². The summed E-state index contributed by atoms with van der Waals surface area (Å²) < 4.78 is 4.66. The van der Waals surface area contributed by atoms with E-state index in [1.807, 2.05) is 12.1 Å². The van der Waals surface area contributed by atoms with Crippen LogP contribution in [0.5, 0.6) is 0 Å². The van der Waals surface area contributed by atoms with Gasteiger partial charge in [-0.3, -0.25) is 0 Å². The summed E-state index contributed by atoms with van der Waals surface area (Å²) in [5, 5.41) is 12.7. The number of carbonyl (C=O) groups is 1. The number of aliphatic hydroxyl groups is 1. The van der Waals surface area contributed by atoms with Gasteiger partial charge in [-0.05, 0) is 29.5 Å². The molecule has 0 aliphatic rings. The van der Waals surface area contributed by atoms with Gasteiger partial charge in [-0.25, -0.2) is 4.79 Å². The molecule has 0 bridgehead atoms. The molecule has 0 fully saturated rings. The topological polar surface area (TPSA) is 58.6 Å². The maximum absolute atomic E-state index is 11.3. The number of aliphatic hydroxyl groups excluding tert-OH is 1. The van der Waals surface area contributed by atoms with Crippen molar-refractivity contribution in [2.24, 2.45) is 5.41 Å². The number of benzene rings is 1. The SMILES string of the molecule is COC(=O)c1ccc(CNC(CO)CC(C)(C)C)cc1. The lowest BCUT2D eigenvalue weighted by molar-refractivity contribution is 0.0600. The van der Waals surface area contributed by atoms with E-state index in [4.69, 9.17) is 0 Å². The molecule has 0 heterocycles. The van der Waals surface area contributed by atoms with E-state index in [-0.39, 0.29) is 24.0 Å². The Labute approximate surface area is 121 Å². The van der Waals surface area contributed by atoms with Crippen LogP contribution in [0.25, 0.3) is 0 Å². The summed E-state index contributed by atoms with van der Waals surface area (Å²) in [6.45, 7) is 7.26. The van der Waals surface area contributed by atoms with Gasteiger partial charge in [-0.1, -0.05) is 32.9 Å². The fourth-order valence-electron chi connectivity index (χ4n) is 2.08. The van der Waals surface area contributed by atoms with Crippen molar-refractivity contribution in [2.45, 2.75) is 39.8 Å². The van der Waals surface area contributed by atoms with E-state index in [0.29, 0.717) is 12.1 Å². The lowest BCUT2D eigenvalue weighted by Crippen LogP contribution is -2.35. The Bertz CT molecular complexity index is 420. The summed E-state index contributed by atoms with van der Waals surface area (Å²) in [5.74, 6) is -0.328. The molecule has 0 spiro atoms. The zero-order valence-corrected chi connectivity index (χ0v) is 12.8. The second-order valence-corrected chi connectivity index (χ2v) is 6.21. The Kier molecular flexibility index (Phi) is 6.17. The average Bonchev–Trinajstić information content (AvgIpc) is 2.42. The number of carbonyl (C=O) groups excluding carboxylic acids is 1. The fraction of sp³-hybridized carbons (Fsp3) is 0.562. The third kappa shape index (κ3) is 5.72. The van der Waals surface area contributed by atoms with Gasteiger partial charge >= 0.3 is 5.97 Å². The lowest BCUT2D eigenvalue weighted by Gasteiger charge is -2.25. The van der Waals surface area contributed by atoms with E-state index in [1.165, 1.54) is 7.11 Å². The second-order valence-electron chi connectivity index (χ2n) is 6.21. The Balaban J connectivity index is 2.54. The highest BCUT2D eigenvalue weighted by Crippen LogP contribution is 2.20. The van der Waals surface area contributed by atoms with Crippen LogP contribution in [-0.4, -0.2) is 30.8 Å². The molecule has 1 unspecified atom stereocenters. The van der Waals surface area contributed by atoms with Crippen molar-refractivity contribution in [2.75, 3.05) is 13.7 Å². The summed E-state index contributed by atoms with van der Waals surface area (Å²) in [7, 11) is 1.37. The fourth-order valence-corrected chi connectivity index (χ4v) is 2.08. The van der Waals surface area contributed by atoms with Gasteiger partial charge in [-0.15, -0.1) is 0 Å². The molecular formula is C16H25NO3. The number of rotatable bonds is 6. The van der Waals surface area contributed by atoms with E-state index in [0.717, 1.165) is 12.0 Å². The van der Waals surface area contributed by atoms with E-state index in [1.54, 1.807) is 12.1 Å². The van der Waals surface area contributed by atoms with Crippen molar-refractivity contribution in [3.8, 4) is 0 Å². The first-order valence-corrected chi connectivity index (χ1v) is 6.87. The van der Waals surface area contributed by atoms with Crippen LogP contribution in [0.2, 0.25) is 0 Å². The Morgan fingerprint density at radius 3 is 2.35 bits per heavy atom. The maximum Gasteiger partial charge on any atom is 0.337 e. The number of nitrogens with one attached hydrogen (secondary N) is 1. The average molecular weight is 279 g/mol. The molecule has 0 amide bonds. The molecule has 0 radical (unpaired) electrons. The summed E-state index contributed by atoms with van der Waals surface area (Å²) in [5.41, 5.74) is 1.80. The summed E-state index contributed by atoms with van der Waals surface area (Å²) in [6, 6.07) is 7.37. The van der Waals surface area contributed by atoms with Crippen molar-refractivity contribution < 1.29 is 14.6 Å². The minimum atomic E-state index is -0.328. The van der Waals surface area contributed by atoms with Gasteiger partial charge in [0.2, 0.25) is 0 Å². The molecule has 112 valence electrons. The summed E-state index contributed by atoms with van der Waals surface area (Å²) >= 11 is 0. The Morgan fingerprint density at radius 2 is 1.90 bits per heavy atom. The molecule has 1 rings (SSSR count). The zero-order chi connectivity index (χ0) is 15.2. The van der Waals surface area contributed by atoms with Gasteiger partial charge in [-0.2, -0.15) is 0 Å². The predicted molar refractivity (Wildman–Crippen MR) is 79.6 cm³/mol. The quantitative estimate of drug-likeness (QED) is 0.785. The van der Waals surface area contributed by atoms with Gasteiger partial charge < -0.3 is 15.2 Å². The third-order valence-corrected chi connectivity index (χ3v) is 3.05. The molecule has 0 aliphatic heterocycles. The van der Waals surface area contributed by atoms with Crippen LogP contribution in [0.15, 0.2) is 24.3 Å². The number of hydrogen-bond donors (Lipinski definition) is 2. The number of esters is 1. The minimum absolute atomic E-state index is 0.0790. The zero-order valence-electron chi connectivity index (χ0n) is 12.8. The Hall–Kier alpha value is -1.39. The summed E-state index contributed by atoms with van der Waals surface area (Å²) in [4.78, 5) is 11.3. The number of methoxy groups -OCH3 is 1. The van der Waals surface area contributed by atoms with Gasteiger partial charge in [0, 0.05) is 12.6 Å². The molecule has 20 heavy (non-hydrogen) atoms. The van der Waals surface area contributed by atoms with Gasteiger partial charge in [0.15, 0.2) is 0 Å². The summed E-state index contributed by atoms with van der Waals surface area (Å²) in [6.07, 6.45) is 0.906. The standard InChI is InChI=1S/C16H25NO3/c1-16(2,3)9-14(11-18)17-10-12-5-7-13(8-6-12)15(19)20-4/h5-8,14,17-18H,9-11H2,1-4H3. The molecule has 1 atom stereocenters. The van der Waals surface area contributed by atoms with E-state index in [2.05, 4.69) is 30.8 Å². The smallest absolute Gasteiger partial charge is 0.337 e. The molecule has 4 heteroatoms. The first-order valence-electron chi connectivity index (χ1n) is 6.87. The molecular weight excluding hydrogens is 254 g/mol. The van der Waals surface area contributed by atoms with Gasteiger partial charge in [0.1, 0.15) is 0 Å². The number of hydrogen-bond acceptors (Lipinski definition) is 4. The molecule has 1 aromatic carbocycles. The minimum Gasteiger partial charge on any atom is -0.465 e. The second kappa shape index (κ2) is 7.41. The molecule has 2 N–H and O–H groups in total. The van der Waals surface area contributed by atoms with Crippen molar-refractivity contribution in [1.82, 2.24) is 5.32 Å². The van der Waals surface area contributed by atoms with E-state index in [9.17, 15) is 9.90 Å². The molecule has 0 aromatic heterocycles. The monoisotopic (exact) mass is 279 g/mol. The molecule has 4 nitrogen and oxygen atoms in total. The molecule has 0 saturated heterocycles. The normalized spacial score (nSPS) is 13.1. The lowest BCUT2D eigenvalue weighted by atomic mass is 9.88. The van der Waals surface area contributed by atoms with Crippen LogP contribution in [0.3, 0.4) is 0 Å². The van der Waals surface area contributed by atoms with Crippen LogP contribution >= 0.6 is 0 Å². The Morgan fingerprint density at radius 1 is 1.30 bits per heavy atom. The van der Waals surface area contributed by atoms with Gasteiger partial charge in [0.05, 0.1) is 19.3 Å². The molecule has 1 aromatic rings. The molecule has 0 aliphatic carbocycles. The third-order valence-electron chi connectivity index (χ3n) is 3.05. The predicted octanol–water partition coefficient (Wildman–Crippen LogP) is 2.36. The van der Waals surface area contributed by atoms with Crippen LogP contribution in [0.4, 0.5) is 0 Å². The number of ether oxygens (including phenoxy) is 1. The van der Waals surface area contributed by atoms with Gasteiger partial charge in [0.25, 0.3) is 0 Å². The van der Waals surface area contributed by atoms with Crippen LogP contribution in [0.1, 0.15) is 43.1 Å². The van der Waals surface area contributed by atoms with Crippen molar-refractivity contribution >= 4 is 5.97 Å².